The first-order chi connectivity index (χ1) is 13.3. The van der Waals surface area contributed by atoms with Crippen molar-refractivity contribution in [1.29, 1.82) is 0 Å². The lowest BCUT2D eigenvalue weighted by Crippen LogP contribution is -2.10. The van der Waals surface area contributed by atoms with Crippen LogP contribution in [0.15, 0.2) is 59.8 Å². The molecule has 1 heterocycles. The Kier molecular flexibility index (Phi) is 6.08. The molecule has 0 fully saturated rings. The van der Waals surface area contributed by atoms with Crippen LogP contribution in [-0.2, 0) is 11.9 Å². The predicted octanol–water partition coefficient (Wildman–Crippen LogP) is 5.90. The van der Waals surface area contributed by atoms with Gasteiger partial charge in [0.1, 0.15) is 11.5 Å². The molecule has 2 aromatic carbocycles. The summed E-state index contributed by atoms with van der Waals surface area (Å²) in [5, 5.41) is -0.00535. The molecule has 0 N–H and O–H groups in total. The summed E-state index contributed by atoms with van der Waals surface area (Å²) >= 11 is 1.12. The quantitative estimate of drug-likeness (QED) is 0.377. The maximum absolute atomic E-state index is 13.2. The van der Waals surface area contributed by atoms with Gasteiger partial charge in [-0.3, -0.25) is 0 Å². The Balaban J connectivity index is 1.86. The van der Waals surface area contributed by atoms with Crippen molar-refractivity contribution in [3.05, 3.63) is 71.4 Å². The van der Waals surface area contributed by atoms with E-state index in [0.717, 1.165) is 29.0 Å². The third kappa shape index (κ3) is 5.39. The van der Waals surface area contributed by atoms with E-state index < -0.39 is 11.9 Å². The molecule has 0 saturated heterocycles. The van der Waals surface area contributed by atoms with Gasteiger partial charge in [-0.1, -0.05) is 47.7 Å². The van der Waals surface area contributed by atoms with Crippen molar-refractivity contribution in [2.45, 2.75) is 24.0 Å². The number of rotatable bonds is 6. The zero-order chi connectivity index (χ0) is 20.1. The van der Waals surface area contributed by atoms with E-state index in [1.807, 2.05) is 31.2 Å². The second kappa shape index (κ2) is 8.52. The van der Waals surface area contributed by atoms with Crippen LogP contribution < -0.4 is 9.47 Å². The highest BCUT2D eigenvalue weighted by molar-refractivity contribution is 7.98. The van der Waals surface area contributed by atoms with E-state index in [4.69, 9.17) is 9.47 Å². The van der Waals surface area contributed by atoms with Gasteiger partial charge in [0.2, 0.25) is 5.88 Å². The summed E-state index contributed by atoms with van der Waals surface area (Å²) in [5.41, 5.74) is 0.999. The van der Waals surface area contributed by atoms with Crippen molar-refractivity contribution in [3.63, 3.8) is 0 Å². The molecule has 3 aromatic rings. The van der Waals surface area contributed by atoms with Crippen molar-refractivity contribution >= 4 is 11.8 Å². The fourth-order valence-electron chi connectivity index (χ4n) is 2.40. The Labute approximate surface area is 164 Å². The van der Waals surface area contributed by atoms with E-state index in [1.54, 1.807) is 24.3 Å². The lowest BCUT2D eigenvalue weighted by molar-refractivity contribution is -0.141. The molecule has 8 heteroatoms. The number of alkyl halides is 3. The first-order valence-electron chi connectivity index (χ1n) is 8.30. The zero-order valence-corrected chi connectivity index (χ0v) is 16.0. The normalized spacial score (nSPS) is 11.3. The number of hydrogen-bond donors (Lipinski definition) is 0. The van der Waals surface area contributed by atoms with Gasteiger partial charge in [0.15, 0.2) is 10.9 Å². The smallest absolute Gasteiger partial charge is 0.433 e. The number of hydrogen-bond acceptors (Lipinski definition) is 5. The molecule has 0 unspecified atom stereocenters. The van der Waals surface area contributed by atoms with Crippen LogP contribution in [0.5, 0.6) is 17.4 Å². The third-order valence-electron chi connectivity index (χ3n) is 3.69. The highest BCUT2D eigenvalue weighted by Crippen LogP contribution is 2.33. The third-order valence-corrected chi connectivity index (χ3v) is 4.61. The molecule has 0 bridgehead atoms. The Bertz CT molecular complexity index is 964. The van der Waals surface area contributed by atoms with E-state index in [0.29, 0.717) is 17.3 Å². The van der Waals surface area contributed by atoms with E-state index >= 15 is 0 Å². The van der Waals surface area contributed by atoms with Crippen molar-refractivity contribution in [2.75, 3.05) is 7.11 Å². The van der Waals surface area contributed by atoms with E-state index in [-0.39, 0.29) is 11.0 Å². The maximum atomic E-state index is 13.2. The van der Waals surface area contributed by atoms with Gasteiger partial charge >= 0.3 is 6.18 Å². The molecule has 0 aliphatic carbocycles. The summed E-state index contributed by atoms with van der Waals surface area (Å²) in [4.78, 5) is 7.76. The van der Waals surface area contributed by atoms with Gasteiger partial charge in [0.05, 0.1) is 7.11 Å². The molecule has 0 aliphatic rings. The molecule has 0 radical (unpaired) electrons. The number of aryl methyl sites for hydroxylation is 1. The minimum atomic E-state index is -4.60. The summed E-state index contributed by atoms with van der Waals surface area (Å²) in [6.07, 6.45) is -4.60. The van der Waals surface area contributed by atoms with Crippen molar-refractivity contribution in [3.8, 4) is 17.4 Å². The van der Waals surface area contributed by atoms with Crippen LogP contribution in [0.3, 0.4) is 0 Å². The van der Waals surface area contributed by atoms with Crippen molar-refractivity contribution in [1.82, 2.24) is 9.97 Å². The Morgan fingerprint density at radius 2 is 1.71 bits per heavy atom. The molecule has 0 atom stereocenters. The summed E-state index contributed by atoms with van der Waals surface area (Å²) in [6.45, 7) is 1.95. The van der Waals surface area contributed by atoms with E-state index in [2.05, 4.69) is 9.97 Å². The van der Waals surface area contributed by atoms with Gasteiger partial charge < -0.3 is 9.47 Å². The molecule has 3 rings (SSSR count). The average molecular weight is 406 g/mol. The fourth-order valence-corrected chi connectivity index (χ4v) is 3.19. The lowest BCUT2D eigenvalue weighted by Gasteiger charge is -2.11. The fraction of sp³-hybridized carbons (Fsp3) is 0.200. The molecule has 146 valence electrons. The van der Waals surface area contributed by atoms with Crippen LogP contribution in [0, 0.1) is 6.92 Å². The Morgan fingerprint density at radius 1 is 0.964 bits per heavy atom. The minimum Gasteiger partial charge on any atom is -0.497 e. The van der Waals surface area contributed by atoms with Gasteiger partial charge in [-0.25, -0.2) is 4.98 Å². The second-order valence-corrected chi connectivity index (χ2v) is 6.87. The Morgan fingerprint density at radius 3 is 2.43 bits per heavy atom. The number of benzene rings is 2. The zero-order valence-electron chi connectivity index (χ0n) is 15.2. The number of methoxy groups -OCH3 is 1. The number of aromatic nitrogens is 2. The topological polar surface area (TPSA) is 44.2 Å². The summed E-state index contributed by atoms with van der Waals surface area (Å²) in [5.74, 6) is 1.11. The van der Waals surface area contributed by atoms with Crippen LogP contribution in [-0.4, -0.2) is 17.1 Å². The number of ether oxygens (including phenoxy) is 2. The highest BCUT2D eigenvalue weighted by atomic mass is 32.2. The monoisotopic (exact) mass is 406 g/mol. The van der Waals surface area contributed by atoms with Crippen LogP contribution >= 0.6 is 11.8 Å². The second-order valence-electron chi connectivity index (χ2n) is 5.93. The molecular weight excluding hydrogens is 389 g/mol. The van der Waals surface area contributed by atoms with Crippen LogP contribution in [0.4, 0.5) is 13.2 Å². The first-order valence-corrected chi connectivity index (χ1v) is 9.28. The SMILES string of the molecule is COc1cccc(Oc2cc(C(F)(F)F)nc(SCc3cccc(C)c3)n2)c1. The maximum Gasteiger partial charge on any atom is 0.433 e. The molecule has 0 aliphatic heterocycles. The molecular formula is C20H17F3N2O2S. The summed E-state index contributed by atoms with van der Waals surface area (Å²) in [6, 6.07) is 15.1. The van der Waals surface area contributed by atoms with Gasteiger partial charge in [-0.2, -0.15) is 18.2 Å². The van der Waals surface area contributed by atoms with Crippen LogP contribution in [0.1, 0.15) is 16.8 Å². The molecule has 1 aromatic heterocycles. The van der Waals surface area contributed by atoms with Gasteiger partial charge in [0, 0.05) is 17.9 Å². The molecule has 0 spiro atoms. The largest absolute Gasteiger partial charge is 0.497 e. The van der Waals surface area contributed by atoms with Gasteiger partial charge in [0.25, 0.3) is 0 Å². The number of nitrogens with zero attached hydrogens (tertiary/aromatic N) is 2. The van der Waals surface area contributed by atoms with Crippen molar-refractivity contribution < 1.29 is 22.6 Å². The minimum absolute atomic E-state index is 0.00535. The highest BCUT2D eigenvalue weighted by Gasteiger charge is 2.34. The van der Waals surface area contributed by atoms with Gasteiger partial charge in [-0.15, -0.1) is 0 Å². The number of thioether (sulfide) groups is 1. The molecule has 4 nitrogen and oxygen atoms in total. The molecule has 0 saturated carbocycles. The summed E-state index contributed by atoms with van der Waals surface area (Å²) in [7, 11) is 1.49. The van der Waals surface area contributed by atoms with E-state index in [1.165, 1.54) is 7.11 Å². The van der Waals surface area contributed by atoms with Crippen LogP contribution in [0.25, 0.3) is 0 Å². The van der Waals surface area contributed by atoms with Crippen molar-refractivity contribution in [2.24, 2.45) is 0 Å². The standard InChI is InChI=1S/C20H17F3N2O2S/c1-13-5-3-6-14(9-13)12-28-19-24-17(20(21,22)23)11-18(25-19)27-16-8-4-7-15(10-16)26-2/h3-11H,12H2,1-2H3. The predicted molar refractivity (Wildman–Crippen MR) is 101 cm³/mol. The summed E-state index contributed by atoms with van der Waals surface area (Å²) < 4.78 is 50.4. The molecule has 0 amide bonds. The van der Waals surface area contributed by atoms with Gasteiger partial charge in [-0.05, 0) is 24.6 Å². The van der Waals surface area contributed by atoms with E-state index in [9.17, 15) is 13.2 Å². The molecule has 28 heavy (non-hydrogen) atoms. The lowest BCUT2D eigenvalue weighted by atomic mass is 10.2. The number of halogens is 3. The first kappa shape index (κ1) is 20.0. The van der Waals surface area contributed by atoms with Crippen LogP contribution in [0.2, 0.25) is 0 Å². The Hall–Kier alpha value is -2.74. The average Bonchev–Trinajstić information content (AvgIpc) is 2.66.